The molecule has 2 aromatic carbocycles. The van der Waals surface area contributed by atoms with Gasteiger partial charge in [0, 0.05) is 22.4 Å². The summed E-state index contributed by atoms with van der Waals surface area (Å²) in [6, 6.07) is 17.6. The van der Waals surface area contributed by atoms with E-state index in [1.54, 1.807) is 11.4 Å². The highest BCUT2D eigenvalue weighted by atomic mass is 32.1. The SMILES string of the molecule is CCc1ccc(Oc2ccc(C)cc2)cc1.N=C(N)c1csc(CNC(=O)C2CCCN2C(=O)CNC=O)c1.OC(F)F. The Morgan fingerprint density at radius 1 is 1.19 bits per heavy atom. The number of aliphatic hydroxyl groups excluding tert-OH is 1. The molecule has 0 bridgehead atoms. The van der Waals surface area contributed by atoms with Crippen molar-refractivity contribution in [3.63, 3.8) is 0 Å². The first-order valence-electron chi connectivity index (χ1n) is 13.5. The Kier molecular flexibility index (Phi) is 14.8. The lowest BCUT2D eigenvalue weighted by Gasteiger charge is -2.23. The Bertz CT molecular complexity index is 1320. The lowest BCUT2D eigenvalue weighted by atomic mass is 10.2. The van der Waals surface area contributed by atoms with E-state index in [1.165, 1.54) is 27.4 Å². The van der Waals surface area contributed by atoms with Gasteiger partial charge in [0.1, 0.15) is 23.4 Å². The highest BCUT2D eigenvalue weighted by molar-refractivity contribution is 7.10. The van der Waals surface area contributed by atoms with Crippen LogP contribution in [0.3, 0.4) is 0 Å². The van der Waals surface area contributed by atoms with Crippen molar-refractivity contribution in [3.05, 3.63) is 81.5 Å². The number of hydrogen-bond acceptors (Lipinski definition) is 7. The summed E-state index contributed by atoms with van der Waals surface area (Å²) in [4.78, 5) is 36.9. The molecule has 0 aliphatic carbocycles. The van der Waals surface area contributed by atoms with Gasteiger partial charge in [-0.1, -0.05) is 36.8 Å². The number of ether oxygens (including phenoxy) is 1. The maximum absolute atomic E-state index is 12.3. The summed E-state index contributed by atoms with van der Waals surface area (Å²) in [5.74, 6) is 1.30. The van der Waals surface area contributed by atoms with Gasteiger partial charge in [-0.15, -0.1) is 11.3 Å². The van der Waals surface area contributed by atoms with E-state index >= 15 is 0 Å². The maximum Gasteiger partial charge on any atom is 0.342 e. The summed E-state index contributed by atoms with van der Waals surface area (Å²) in [5.41, 5.74) is 8.61. The molecule has 0 radical (unpaired) electrons. The molecule has 1 aromatic heterocycles. The molecule has 1 atom stereocenters. The van der Waals surface area contributed by atoms with Gasteiger partial charge >= 0.3 is 6.61 Å². The molecule has 1 unspecified atom stereocenters. The Hall–Kier alpha value is -4.36. The van der Waals surface area contributed by atoms with E-state index in [0.29, 0.717) is 31.5 Å². The lowest BCUT2D eigenvalue weighted by Crippen LogP contribution is -2.48. The number of halogens is 2. The predicted molar refractivity (Wildman–Crippen MR) is 161 cm³/mol. The predicted octanol–water partition coefficient (Wildman–Crippen LogP) is 3.94. The molecule has 2 heterocycles. The minimum absolute atomic E-state index is 0.00549. The molecule has 0 saturated carbocycles. The second-order valence-electron chi connectivity index (χ2n) is 9.37. The van der Waals surface area contributed by atoms with Crippen molar-refractivity contribution in [2.45, 2.75) is 52.3 Å². The summed E-state index contributed by atoms with van der Waals surface area (Å²) in [5, 5.41) is 21.0. The Labute approximate surface area is 253 Å². The van der Waals surface area contributed by atoms with Crippen LogP contribution in [-0.2, 0) is 27.3 Å². The topological polar surface area (TPSA) is 158 Å². The molecule has 3 amide bonds. The van der Waals surface area contributed by atoms with Gasteiger partial charge in [-0.05, 0) is 62.1 Å². The van der Waals surface area contributed by atoms with E-state index in [0.717, 1.165) is 29.2 Å². The Morgan fingerprint density at radius 3 is 2.33 bits per heavy atom. The van der Waals surface area contributed by atoms with Crippen molar-refractivity contribution in [2.24, 2.45) is 5.73 Å². The molecule has 3 aromatic rings. The fraction of sp³-hybridized carbons (Fsp3) is 0.333. The first-order valence-corrected chi connectivity index (χ1v) is 14.4. The van der Waals surface area contributed by atoms with E-state index in [4.69, 9.17) is 21.0 Å². The normalized spacial score (nSPS) is 13.6. The number of carbonyl (C=O) groups is 3. The standard InChI is InChI=1S/C15H16O.C14H19N5O3S.CH2F2O/c1-3-13-6-10-15(11-7-13)16-14-8-4-12(2)5-9-14;15-13(16)9-4-10(23-7-9)5-18-14(22)11-2-1-3-19(11)12(21)6-17-8-20;2-1(3)4/h4-11H,3H2,1-2H3;4,7-8,11H,1-3,5-6H2,(H3,15,16)(H,17,20)(H,18,22);1,4H. The van der Waals surface area contributed by atoms with Crippen LogP contribution < -0.4 is 21.1 Å². The number of nitrogen functional groups attached to an aromatic ring is 1. The zero-order valence-corrected chi connectivity index (χ0v) is 24.8. The summed E-state index contributed by atoms with van der Waals surface area (Å²) in [7, 11) is 0. The van der Waals surface area contributed by atoms with E-state index in [1.807, 2.05) is 24.3 Å². The van der Waals surface area contributed by atoms with Gasteiger partial charge < -0.3 is 31.1 Å². The zero-order chi connectivity index (χ0) is 31.8. The van der Waals surface area contributed by atoms with E-state index in [9.17, 15) is 23.2 Å². The number of benzene rings is 2. The number of nitrogens with two attached hydrogens (primary N) is 1. The van der Waals surface area contributed by atoms with Crippen LogP contribution in [0.15, 0.2) is 60.0 Å². The molecule has 6 N–H and O–H groups in total. The van der Waals surface area contributed by atoms with Crippen LogP contribution in [-0.4, -0.2) is 59.8 Å². The number of thiophene rings is 1. The number of rotatable bonds is 10. The number of aryl methyl sites for hydroxylation is 2. The van der Waals surface area contributed by atoms with Crippen LogP contribution in [0.2, 0.25) is 0 Å². The van der Waals surface area contributed by atoms with Gasteiger partial charge in [0.05, 0.1) is 13.1 Å². The molecule has 0 spiro atoms. The smallest absolute Gasteiger partial charge is 0.342 e. The van der Waals surface area contributed by atoms with Gasteiger partial charge in [0.2, 0.25) is 18.2 Å². The third-order valence-electron chi connectivity index (χ3n) is 6.20. The van der Waals surface area contributed by atoms with Crippen LogP contribution in [0.4, 0.5) is 8.78 Å². The number of nitrogens with zero attached hydrogens (tertiary/aromatic N) is 1. The number of amides is 3. The number of alkyl halides is 2. The van der Waals surface area contributed by atoms with Crippen molar-refractivity contribution < 1.29 is 33.0 Å². The van der Waals surface area contributed by atoms with Crippen LogP contribution in [0.1, 0.15) is 41.3 Å². The molecular formula is C30H37F2N5O5S. The largest absolute Gasteiger partial charge is 0.457 e. The van der Waals surface area contributed by atoms with Crippen molar-refractivity contribution in [2.75, 3.05) is 13.1 Å². The number of likely N-dealkylation sites (tertiary alicyclic amines) is 1. The van der Waals surface area contributed by atoms with Crippen molar-refractivity contribution in [1.82, 2.24) is 15.5 Å². The van der Waals surface area contributed by atoms with E-state index < -0.39 is 12.7 Å². The number of carbonyl (C=O) groups excluding carboxylic acids is 3. The van der Waals surface area contributed by atoms with E-state index in [2.05, 4.69) is 48.7 Å². The quantitative estimate of drug-likeness (QED) is 0.132. The molecule has 1 fully saturated rings. The molecule has 1 aliphatic heterocycles. The van der Waals surface area contributed by atoms with Crippen LogP contribution in [0.5, 0.6) is 11.5 Å². The molecular weight excluding hydrogens is 580 g/mol. The minimum atomic E-state index is -3.17. The third-order valence-corrected chi connectivity index (χ3v) is 7.14. The van der Waals surface area contributed by atoms with Crippen LogP contribution >= 0.6 is 11.3 Å². The van der Waals surface area contributed by atoms with Gasteiger partial charge in [0.15, 0.2) is 0 Å². The Balaban J connectivity index is 0.000000280. The molecule has 1 saturated heterocycles. The number of nitrogens with one attached hydrogen (secondary N) is 3. The van der Waals surface area contributed by atoms with Gasteiger partial charge in [-0.2, -0.15) is 8.78 Å². The molecule has 1 aliphatic rings. The van der Waals surface area contributed by atoms with E-state index in [-0.39, 0.29) is 24.2 Å². The summed E-state index contributed by atoms with van der Waals surface area (Å²) < 4.78 is 25.5. The van der Waals surface area contributed by atoms with Gasteiger partial charge in [-0.25, -0.2) is 0 Å². The molecule has 10 nitrogen and oxygen atoms in total. The fourth-order valence-electron chi connectivity index (χ4n) is 4.01. The summed E-state index contributed by atoms with van der Waals surface area (Å²) in [6.07, 6.45) is 2.90. The third kappa shape index (κ3) is 12.6. The number of amidine groups is 1. The second-order valence-corrected chi connectivity index (χ2v) is 10.4. The molecule has 43 heavy (non-hydrogen) atoms. The summed E-state index contributed by atoms with van der Waals surface area (Å²) in [6.45, 7) is 1.81. The van der Waals surface area contributed by atoms with Crippen molar-refractivity contribution in [1.29, 1.82) is 5.41 Å². The second kappa shape index (κ2) is 18.2. The van der Waals surface area contributed by atoms with Crippen molar-refractivity contribution >= 4 is 35.4 Å². The maximum atomic E-state index is 12.3. The minimum Gasteiger partial charge on any atom is -0.457 e. The highest BCUT2D eigenvalue weighted by Crippen LogP contribution is 2.22. The molecule has 232 valence electrons. The lowest BCUT2D eigenvalue weighted by molar-refractivity contribution is -0.138. The summed E-state index contributed by atoms with van der Waals surface area (Å²) >= 11 is 1.42. The molecule has 13 heteroatoms. The first kappa shape index (κ1) is 34.8. The Morgan fingerprint density at radius 2 is 1.79 bits per heavy atom. The monoisotopic (exact) mass is 617 g/mol. The zero-order valence-electron chi connectivity index (χ0n) is 24.0. The average molecular weight is 618 g/mol. The average Bonchev–Trinajstić information content (AvgIpc) is 3.67. The molecule has 4 rings (SSSR count). The first-order chi connectivity index (χ1) is 20.5. The van der Waals surface area contributed by atoms with Crippen LogP contribution in [0, 0.1) is 12.3 Å². The van der Waals surface area contributed by atoms with Crippen molar-refractivity contribution in [3.8, 4) is 11.5 Å². The number of hydrogen-bond donors (Lipinski definition) is 5. The number of aliphatic hydroxyl groups is 1. The highest BCUT2D eigenvalue weighted by Gasteiger charge is 2.33. The fourth-order valence-corrected chi connectivity index (χ4v) is 4.83. The van der Waals surface area contributed by atoms with Gasteiger partial charge in [0.25, 0.3) is 0 Å². The van der Waals surface area contributed by atoms with Gasteiger partial charge in [-0.3, -0.25) is 19.8 Å². The van der Waals surface area contributed by atoms with Crippen LogP contribution in [0.25, 0.3) is 0 Å².